The molecule has 1 aliphatic rings. The van der Waals surface area contributed by atoms with E-state index in [-0.39, 0.29) is 31.3 Å². The molecule has 1 fully saturated rings. The first-order chi connectivity index (χ1) is 16.6. The van der Waals surface area contributed by atoms with Crippen LogP contribution in [0.2, 0.25) is 0 Å². The zero-order valence-corrected chi connectivity index (χ0v) is 20.0. The number of amides is 1. The first-order valence-corrected chi connectivity index (χ1v) is 11.3. The van der Waals surface area contributed by atoms with Crippen LogP contribution in [0.1, 0.15) is 55.5 Å². The molecule has 1 amide bonds. The van der Waals surface area contributed by atoms with Gasteiger partial charge in [-0.25, -0.2) is 4.79 Å². The molecule has 11 heteroatoms. The summed E-state index contributed by atoms with van der Waals surface area (Å²) in [5.74, 6) is 0. The Kier molecular flexibility index (Phi) is 7.95. The zero-order valence-electron chi connectivity index (χ0n) is 20.0. The highest BCUT2D eigenvalue weighted by molar-refractivity contribution is 5.67. The topological polar surface area (TPSA) is 59.6 Å². The van der Waals surface area contributed by atoms with Crippen molar-refractivity contribution in [1.82, 2.24) is 10.6 Å². The van der Waals surface area contributed by atoms with Crippen molar-refractivity contribution < 1.29 is 40.6 Å². The number of carbonyl (C=O) groups is 1. The molecule has 0 bridgehead atoms. The zero-order chi connectivity index (χ0) is 26.8. The van der Waals surface area contributed by atoms with Crippen molar-refractivity contribution in [2.75, 3.05) is 19.7 Å². The molecule has 5 nitrogen and oxygen atoms in total. The van der Waals surface area contributed by atoms with Crippen molar-refractivity contribution >= 4 is 6.09 Å². The Hall–Kier alpha value is -2.79. The molecular formula is C25H28F6N2O3. The molecule has 1 heterocycles. The highest BCUT2D eigenvalue weighted by Crippen LogP contribution is 2.38. The molecule has 2 aromatic rings. The van der Waals surface area contributed by atoms with E-state index in [9.17, 15) is 31.1 Å². The fraction of sp³-hybridized carbons (Fsp3) is 0.480. The van der Waals surface area contributed by atoms with E-state index in [1.165, 1.54) is 6.92 Å². The Morgan fingerprint density at radius 3 is 2.14 bits per heavy atom. The maximum absolute atomic E-state index is 13.3. The molecule has 198 valence electrons. The number of benzene rings is 2. The fourth-order valence-electron chi connectivity index (χ4n) is 3.96. The molecule has 0 unspecified atom stereocenters. The van der Waals surface area contributed by atoms with Gasteiger partial charge in [0.25, 0.3) is 0 Å². The van der Waals surface area contributed by atoms with Gasteiger partial charge < -0.3 is 20.1 Å². The van der Waals surface area contributed by atoms with E-state index in [2.05, 4.69) is 10.6 Å². The van der Waals surface area contributed by atoms with Gasteiger partial charge in [0.1, 0.15) is 5.60 Å². The Labute approximate surface area is 205 Å². The number of alkyl halides is 6. The smallest absolute Gasteiger partial charge is 0.416 e. The van der Waals surface area contributed by atoms with Crippen LogP contribution in [0.3, 0.4) is 0 Å². The second-order valence-electron chi connectivity index (χ2n) is 9.42. The number of alkyl carbamates (subject to hydrolysis) is 1. The SMILES string of the molecule is C[C@@H](OC[C@@]1(c2ccccc2)CCNC(=O)OC(C)(C)CN1)c1cc(C(F)(F)F)cc(C(F)(F)F)c1. The molecule has 1 saturated heterocycles. The average Bonchev–Trinajstić information content (AvgIpc) is 2.84. The molecule has 0 spiro atoms. The predicted molar refractivity (Wildman–Crippen MR) is 120 cm³/mol. The summed E-state index contributed by atoms with van der Waals surface area (Å²) in [5.41, 5.74) is -4.08. The molecule has 1 aliphatic heterocycles. The summed E-state index contributed by atoms with van der Waals surface area (Å²) in [6.45, 7) is 5.14. The van der Waals surface area contributed by atoms with E-state index in [0.717, 1.165) is 5.56 Å². The van der Waals surface area contributed by atoms with Crippen LogP contribution in [0.5, 0.6) is 0 Å². The number of carbonyl (C=O) groups excluding carboxylic acids is 1. The van der Waals surface area contributed by atoms with Crippen LogP contribution in [0, 0.1) is 0 Å². The number of hydrogen-bond acceptors (Lipinski definition) is 4. The number of hydrogen-bond donors (Lipinski definition) is 2. The minimum absolute atomic E-state index is 0.0896. The molecular weight excluding hydrogens is 490 g/mol. The third-order valence-corrected chi connectivity index (χ3v) is 6.03. The van der Waals surface area contributed by atoms with Crippen LogP contribution in [-0.4, -0.2) is 31.4 Å². The van der Waals surface area contributed by atoms with Crippen molar-refractivity contribution in [3.63, 3.8) is 0 Å². The molecule has 0 saturated carbocycles. The van der Waals surface area contributed by atoms with Gasteiger partial charge in [0, 0.05) is 13.1 Å². The van der Waals surface area contributed by atoms with E-state index in [1.54, 1.807) is 26.0 Å². The molecule has 2 N–H and O–H groups in total. The van der Waals surface area contributed by atoms with Gasteiger partial charge in [-0.05, 0) is 56.5 Å². The highest BCUT2D eigenvalue weighted by Gasteiger charge is 2.39. The lowest BCUT2D eigenvalue weighted by Crippen LogP contribution is -2.52. The summed E-state index contributed by atoms with van der Waals surface area (Å²) in [6, 6.07) is 10.5. The van der Waals surface area contributed by atoms with Gasteiger partial charge in [0.05, 0.1) is 29.4 Å². The van der Waals surface area contributed by atoms with Crippen molar-refractivity contribution in [3.05, 3.63) is 70.8 Å². The molecule has 2 aromatic carbocycles. The van der Waals surface area contributed by atoms with Crippen LogP contribution in [-0.2, 0) is 27.4 Å². The largest absolute Gasteiger partial charge is 0.442 e. The Bertz CT molecular complexity index is 1020. The van der Waals surface area contributed by atoms with Gasteiger partial charge in [-0.15, -0.1) is 0 Å². The van der Waals surface area contributed by atoms with E-state index in [0.29, 0.717) is 18.6 Å². The van der Waals surface area contributed by atoms with Crippen LogP contribution in [0.15, 0.2) is 48.5 Å². The first kappa shape index (κ1) is 27.8. The summed E-state index contributed by atoms with van der Waals surface area (Å²) in [7, 11) is 0. The van der Waals surface area contributed by atoms with Crippen molar-refractivity contribution in [3.8, 4) is 0 Å². The monoisotopic (exact) mass is 518 g/mol. The Morgan fingerprint density at radius 1 is 1.00 bits per heavy atom. The molecule has 0 aliphatic carbocycles. The molecule has 0 aromatic heterocycles. The summed E-state index contributed by atoms with van der Waals surface area (Å²) in [6.07, 6.45) is -11.3. The number of ether oxygens (including phenoxy) is 2. The Balaban J connectivity index is 1.94. The molecule has 36 heavy (non-hydrogen) atoms. The minimum atomic E-state index is -4.95. The maximum Gasteiger partial charge on any atom is 0.416 e. The van der Waals surface area contributed by atoms with E-state index < -0.39 is 46.8 Å². The molecule has 0 radical (unpaired) electrons. The third-order valence-electron chi connectivity index (χ3n) is 6.03. The van der Waals surface area contributed by atoms with Gasteiger partial charge in [-0.1, -0.05) is 30.3 Å². The third kappa shape index (κ3) is 6.91. The lowest BCUT2D eigenvalue weighted by molar-refractivity contribution is -0.143. The van der Waals surface area contributed by atoms with Crippen molar-refractivity contribution in [1.29, 1.82) is 0 Å². The van der Waals surface area contributed by atoms with E-state index in [1.807, 2.05) is 18.2 Å². The number of nitrogens with one attached hydrogen (secondary N) is 2. The predicted octanol–water partition coefficient (Wildman–Crippen LogP) is 6.20. The van der Waals surface area contributed by atoms with E-state index in [4.69, 9.17) is 9.47 Å². The first-order valence-electron chi connectivity index (χ1n) is 11.3. The normalized spacial score (nSPS) is 22.0. The summed E-state index contributed by atoms with van der Waals surface area (Å²) < 4.78 is 91.3. The van der Waals surface area contributed by atoms with Gasteiger partial charge in [-0.2, -0.15) is 26.3 Å². The summed E-state index contributed by atoms with van der Waals surface area (Å²) in [5, 5.41) is 6.04. The fourth-order valence-corrected chi connectivity index (χ4v) is 3.96. The van der Waals surface area contributed by atoms with Crippen LogP contribution >= 0.6 is 0 Å². The maximum atomic E-state index is 13.3. The van der Waals surface area contributed by atoms with Crippen LogP contribution in [0.4, 0.5) is 31.1 Å². The minimum Gasteiger partial charge on any atom is -0.442 e. The van der Waals surface area contributed by atoms with Gasteiger partial charge in [-0.3, -0.25) is 0 Å². The Morgan fingerprint density at radius 2 is 1.58 bits per heavy atom. The van der Waals surface area contributed by atoms with Crippen molar-refractivity contribution in [2.45, 2.75) is 56.8 Å². The number of cyclic esters (lactones) is 1. The summed E-state index contributed by atoms with van der Waals surface area (Å²) >= 11 is 0. The molecule has 2 atom stereocenters. The number of halogens is 6. The second kappa shape index (κ2) is 10.3. The average molecular weight is 518 g/mol. The van der Waals surface area contributed by atoms with Crippen LogP contribution in [0.25, 0.3) is 0 Å². The quantitative estimate of drug-likeness (QED) is 0.463. The standard InChI is InChI=1S/C25H28F6N2O3/c1-16(17-11-19(24(26,27)28)13-20(12-17)25(29,30)31)35-15-23(18-7-5-4-6-8-18)9-10-32-21(34)36-22(2,3)14-33-23/h4-8,11-13,16,33H,9-10,14-15H2,1-3H3,(H,32,34)/t16-,23-/m1/s1. The van der Waals surface area contributed by atoms with Crippen molar-refractivity contribution in [2.24, 2.45) is 0 Å². The lowest BCUT2D eigenvalue weighted by atomic mass is 9.86. The van der Waals surface area contributed by atoms with Gasteiger partial charge >= 0.3 is 18.4 Å². The summed E-state index contributed by atoms with van der Waals surface area (Å²) in [4.78, 5) is 12.1. The van der Waals surface area contributed by atoms with Crippen LogP contribution < -0.4 is 10.6 Å². The highest BCUT2D eigenvalue weighted by atomic mass is 19.4. The molecule has 3 rings (SSSR count). The number of rotatable bonds is 5. The van der Waals surface area contributed by atoms with Gasteiger partial charge in [0.15, 0.2) is 0 Å². The van der Waals surface area contributed by atoms with E-state index >= 15 is 0 Å². The van der Waals surface area contributed by atoms with Gasteiger partial charge in [0.2, 0.25) is 0 Å². The second-order valence-corrected chi connectivity index (χ2v) is 9.42. The lowest BCUT2D eigenvalue weighted by Gasteiger charge is -2.38.